The molecule has 2 heterocycles. The molecule has 170 valence electrons. The van der Waals surface area contributed by atoms with Gasteiger partial charge < -0.3 is 23.8 Å². The van der Waals surface area contributed by atoms with E-state index in [4.69, 9.17) is 18.9 Å². The highest BCUT2D eigenvalue weighted by molar-refractivity contribution is 6.25. The number of allylic oxidation sites excluding steroid dienone is 3. The van der Waals surface area contributed by atoms with Gasteiger partial charge in [-0.25, -0.2) is 0 Å². The van der Waals surface area contributed by atoms with Gasteiger partial charge in [0.05, 0.1) is 19.8 Å². The molecular weight excluding hydrogens is 418 g/mol. The minimum absolute atomic E-state index is 0.132. The fourth-order valence-corrected chi connectivity index (χ4v) is 3.24. The average molecular weight is 443 g/mol. The smallest absolute Gasteiger partial charge is 0.329 e. The molecule has 9 heteroatoms. The van der Waals surface area contributed by atoms with Gasteiger partial charge in [0.25, 0.3) is 5.91 Å². The molecule has 1 fully saturated rings. The molecule has 32 heavy (non-hydrogen) atoms. The van der Waals surface area contributed by atoms with E-state index in [1.807, 2.05) is 6.92 Å². The number of benzene rings is 1. The molecule has 0 spiro atoms. The number of hydrogen-bond acceptors (Lipinski definition) is 8. The van der Waals surface area contributed by atoms with Crippen molar-refractivity contribution in [2.24, 2.45) is 5.92 Å². The number of nitrogens with zero attached hydrogens (tertiary/aromatic N) is 1. The molecule has 0 N–H and O–H groups in total. The Balaban J connectivity index is 1.67. The summed E-state index contributed by atoms with van der Waals surface area (Å²) in [7, 11) is 0. The molecule has 1 unspecified atom stereocenters. The Labute approximate surface area is 185 Å². The molecule has 0 saturated carbocycles. The molecule has 2 aliphatic rings. The number of amides is 1. The van der Waals surface area contributed by atoms with Crippen molar-refractivity contribution in [1.82, 2.24) is 4.90 Å². The number of hydrogen-bond donors (Lipinski definition) is 0. The van der Waals surface area contributed by atoms with E-state index in [9.17, 15) is 19.2 Å². The van der Waals surface area contributed by atoms with Gasteiger partial charge in [-0.1, -0.05) is 12.1 Å². The summed E-state index contributed by atoms with van der Waals surface area (Å²) in [4.78, 5) is 50.2. The van der Waals surface area contributed by atoms with E-state index >= 15 is 0 Å². The first kappa shape index (κ1) is 23.2. The van der Waals surface area contributed by atoms with Crippen LogP contribution in [0.2, 0.25) is 0 Å². The second-order valence-corrected chi connectivity index (χ2v) is 7.17. The lowest BCUT2D eigenvalue weighted by Crippen LogP contribution is -2.43. The van der Waals surface area contributed by atoms with E-state index in [0.717, 1.165) is 12.2 Å². The van der Waals surface area contributed by atoms with Gasteiger partial charge in [-0.2, -0.15) is 0 Å². The predicted molar refractivity (Wildman–Crippen MR) is 113 cm³/mol. The monoisotopic (exact) mass is 443 g/mol. The maximum Gasteiger partial charge on any atom is 0.329 e. The van der Waals surface area contributed by atoms with E-state index in [1.165, 1.54) is 13.0 Å². The van der Waals surface area contributed by atoms with Crippen LogP contribution in [0, 0.1) is 5.92 Å². The SMILES string of the molecule is CCOc1cc(/C=C/C(=O)C2C(=O)C=C(C)OC2=O)ccc1OCC(=O)N1CCOCC1. The van der Waals surface area contributed by atoms with E-state index in [0.29, 0.717) is 50.0 Å². The first-order valence-electron chi connectivity index (χ1n) is 10.3. The number of ether oxygens (including phenoxy) is 4. The predicted octanol–water partition coefficient (Wildman–Crippen LogP) is 1.55. The van der Waals surface area contributed by atoms with Crippen molar-refractivity contribution >= 4 is 29.5 Å². The molecule has 0 aliphatic carbocycles. The quantitative estimate of drug-likeness (QED) is 0.338. The minimum atomic E-state index is -1.49. The van der Waals surface area contributed by atoms with Crippen LogP contribution in [0.15, 0.2) is 36.1 Å². The molecule has 1 aromatic carbocycles. The molecule has 9 nitrogen and oxygen atoms in total. The number of rotatable bonds is 8. The summed E-state index contributed by atoms with van der Waals surface area (Å²) >= 11 is 0. The average Bonchev–Trinajstić information content (AvgIpc) is 2.77. The highest BCUT2D eigenvalue weighted by Gasteiger charge is 2.36. The molecule has 1 saturated heterocycles. The van der Waals surface area contributed by atoms with Crippen LogP contribution in [0.25, 0.3) is 6.08 Å². The van der Waals surface area contributed by atoms with E-state index < -0.39 is 23.5 Å². The zero-order valence-corrected chi connectivity index (χ0v) is 18.0. The Morgan fingerprint density at radius 3 is 2.59 bits per heavy atom. The first-order valence-corrected chi connectivity index (χ1v) is 10.3. The molecule has 3 rings (SSSR count). The van der Waals surface area contributed by atoms with Crippen molar-refractivity contribution in [2.45, 2.75) is 13.8 Å². The fraction of sp³-hybridized carbons (Fsp3) is 0.391. The van der Waals surface area contributed by atoms with Crippen LogP contribution < -0.4 is 9.47 Å². The number of cyclic esters (lactones) is 1. The normalized spacial score (nSPS) is 18.9. The molecule has 0 aromatic heterocycles. The zero-order valence-electron chi connectivity index (χ0n) is 18.0. The second-order valence-electron chi connectivity index (χ2n) is 7.17. The van der Waals surface area contributed by atoms with Crippen LogP contribution in [-0.2, 0) is 28.7 Å². The molecule has 1 amide bonds. The molecular formula is C23H25NO8. The van der Waals surface area contributed by atoms with Gasteiger partial charge in [0.2, 0.25) is 0 Å². The Hall–Kier alpha value is -3.46. The summed E-state index contributed by atoms with van der Waals surface area (Å²) < 4.78 is 21.4. The summed E-state index contributed by atoms with van der Waals surface area (Å²) in [6.07, 6.45) is 3.76. The van der Waals surface area contributed by atoms with Crippen molar-refractivity contribution in [1.29, 1.82) is 0 Å². The zero-order chi connectivity index (χ0) is 23.1. The van der Waals surface area contributed by atoms with Gasteiger partial charge in [-0.3, -0.25) is 19.2 Å². The van der Waals surface area contributed by atoms with Crippen molar-refractivity contribution in [3.63, 3.8) is 0 Å². The van der Waals surface area contributed by atoms with E-state index in [1.54, 1.807) is 23.1 Å². The molecule has 0 radical (unpaired) electrons. The number of carbonyl (C=O) groups excluding carboxylic acids is 4. The van der Waals surface area contributed by atoms with Crippen molar-refractivity contribution < 1.29 is 38.1 Å². The highest BCUT2D eigenvalue weighted by atomic mass is 16.5. The summed E-state index contributed by atoms with van der Waals surface area (Å²) in [5, 5.41) is 0. The maximum atomic E-state index is 12.4. The van der Waals surface area contributed by atoms with Gasteiger partial charge in [-0.15, -0.1) is 0 Å². The third-order valence-corrected chi connectivity index (χ3v) is 4.83. The van der Waals surface area contributed by atoms with Crippen LogP contribution >= 0.6 is 0 Å². The topological polar surface area (TPSA) is 108 Å². The van der Waals surface area contributed by atoms with Crippen LogP contribution in [0.1, 0.15) is 19.4 Å². The maximum absolute atomic E-state index is 12.4. The largest absolute Gasteiger partial charge is 0.490 e. The Kier molecular flexibility index (Phi) is 7.77. The second kappa shape index (κ2) is 10.7. The number of carbonyl (C=O) groups is 4. The van der Waals surface area contributed by atoms with E-state index in [2.05, 4.69) is 0 Å². The van der Waals surface area contributed by atoms with Gasteiger partial charge in [0, 0.05) is 19.2 Å². The number of ketones is 2. The van der Waals surface area contributed by atoms with Gasteiger partial charge in [0.15, 0.2) is 35.6 Å². The highest BCUT2D eigenvalue weighted by Crippen LogP contribution is 2.29. The molecule has 2 aliphatic heterocycles. The Morgan fingerprint density at radius 1 is 1.16 bits per heavy atom. The van der Waals surface area contributed by atoms with E-state index in [-0.39, 0.29) is 18.3 Å². The third-order valence-electron chi connectivity index (χ3n) is 4.83. The molecule has 1 aromatic rings. The fourth-order valence-electron chi connectivity index (χ4n) is 3.24. The first-order chi connectivity index (χ1) is 15.4. The van der Waals surface area contributed by atoms with Gasteiger partial charge >= 0.3 is 5.97 Å². The minimum Gasteiger partial charge on any atom is -0.490 e. The standard InChI is InChI=1S/C23H25NO8/c1-3-30-20-13-16(4-6-17(25)22-18(26)12-15(2)32-23(22)28)5-7-19(20)31-14-21(27)24-8-10-29-11-9-24/h4-7,12-13,22H,3,8-11,14H2,1-2H3/b6-4+. The van der Waals surface area contributed by atoms with Crippen LogP contribution in [0.3, 0.4) is 0 Å². The number of morpholine rings is 1. The van der Waals surface area contributed by atoms with Crippen LogP contribution in [0.5, 0.6) is 11.5 Å². The number of esters is 1. The van der Waals surface area contributed by atoms with Crippen LogP contribution in [0.4, 0.5) is 0 Å². The lowest BCUT2D eigenvalue weighted by Gasteiger charge is -2.26. The summed E-state index contributed by atoms with van der Waals surface area (Å²) in [5.74, 6) is -2.82. The molecule has 0 bridgehead atoms. The van der Waals surface area contributed by atoms with Crippen molar-refractivity contribution in [3.8, 4) is 11.5 Å². The lowest BCUT2D eigenvalue weighted by atomic mass is 9.96. The van der Waals surface area contributed by atoms with Gasteiger partial charge in [-0.05, 0) is 37.6 Å². The van der Waals surface area contributed by atoms with Gasteiger partial charge in [0.1, 0.15) is 5.76 Å². The summed E-state index contributed by atoms with van der Waals surface area (Å²) in [5.41, 5.74) is 0.594. The molecule has 1 atom stereocenters. The third kappa shape index (κ3) is 5.82. The Morgan fingerprint density at radius 2 is 1.91 bits per heavy atom. The van der Waals surface area contributed by atoms with Crippen molar-refractivity contribution in [2.75, 3.05) is 39.5 Å². The lowest BCUT2D eigenvalue weighted by molar-refractivity contribution is -0.151. The van der Waals surface area contributed by atoms with Crippen LogP contribution in [-0.4, -0.2) is 67.9 Å². The summed E-state index contributed by atoms with van der Waals surface area (Å²) in [6, 6.07) is 4.95. The van der Waals surface area contributed by atoms with Crippen molar-refractivity contribution in [3.05, 3.63) is 41.7 Å². The Bertz CT molecular complexity index is 959. The summed E-state index contributed by atoms with van der Waals surface area (Å²) in [6.45, 7) is 5.60.